The molecular weight excluding hydrogens is 1860 g/mol. The van der Waals surface area contributed by atoms with Crippen LogP contribution in [-0.4, -0.2) is 135 Å². The second-order valence-corrected chi connectivity index (χ2v) is 36.9. The SMILES string of the molecule is CC(C)(c1ccc(OCCO)cc1)c1ccc(OCCO)cc1.CCc1ccc(C(C)(C)c2ccc(CC)cc2)cc1.CCc1ccc(C(c2ccc(CC)cc2)(C(F)(F)F)C(F)(F)F)cc1.CCc1ccc(C2(c3ccc(CC)cc3)CCCCC2)cc1.OCCOc1ccc(C(c2ccc(OCCO)cc2)(C(F)(F)F)C(F)(F)F)cc1.OCCOc1ccc(C2(c3ccc(OCCO)cc3)CCCCC2)cc1. The molecule has 0 atom stereocenters. The molecule has 144 heavy (non-hydrogen) atoms. The van der Waals surface area contributed by atoms with Crippen molar-refractivity contribution in [3.8, 4) is 34.5 Å². The minimum absolute atomic E-state index is 0.0119. The van der Waals surface area contributed by atoms with Crippen LogP contribution in [0.5, 0.6) is 34.5 Å². The lowest BCUT2D eigenvalue weighted by molar-refractivity contribution is -0.290. The first kappa shape index (κ1) is 116. The summed E-state index contributed by atoms with van der Waals surface area (Å²) in [4.78, 5) is 0. The van der Waals surface area contributed by atoms with Gasteiger partial charge in [0.05, 0.1) is 39.6 Å². The zero-order valence-electron chi connectivity index (χ0n) is 84.2. The summed E-state index contributed by atoms with van der Waals surface area (Å²) >= 11 is 0. The quantitative estimate of drug-likeness (QED) is 0.0205. The third kappa shape index (κ3) is 29.4. The maximum atomic E-state index is 14.0. The summed E-state index contributed by atoms with van der Waals surface area (Å²) in [5.41, 5.74) is 5.99. The predicted octanol–water partition coefficient (Wildman–Crippen LogP) is 27.7. The van der Waals surface area contributed by atoms with E-state index in [1.165, 1.54) is 142 Å². The smallest absolute Gasteiger partial charge is 0.411 e. The molecule has 12 aromatic rings. The summed E-state index contributed by atoms with van der Waals surface area (Å²) in [6.45, 7) is 21.6. The molecule has 0 bridgehead atoms. The van der Waals surface area contributed by atoms with Crippen molar-refractivity contribution in [1.29, 1.82) is 0 Å². The minimum Gasteiger partial charge on any atom is -0.491 e. The Morgan fingerprint density at radius 1 is 0.201 bits per heavy atom. The molecule has 0 radical (unpaired) electrons. The number of hydrogen-bond donors (Lipinski definition) is 6. The number of hydrogen-bond acceptors (Lipinski definition) is 12. The zero-order valence-corrected chi connectivity index (χ0v) is 84.2. The van der Waals surface area contributed by atoms with E-state index in [1.54, 1.807) is 13.8 Å². The highest BCUT2D eigenvalue weighted by Gasteiger charge is 2.74. The Labute approximate surface area is 841 Å². The molecule has 2 fully saturated rings. The fraction of sp³-hybridized carbons (Fsp3) is 0.400. The van der Waals surface area contributed by atoms with Crippen LogP contribution in [0.15, 0.2) is 291 Å². The summed E-state index contributed by atoms with van der Waals surface area (Å²) in [6.07, 6.45) is -4.26. The first-order valence-electron chi connectivity index (χ1n) is 49.8. The van der Waals surface area contributed by atoms with Gasteiger partial charge in [-0.05, 0) is 237 Å². The van der Waals surface area contributed by atoms with Crippen LogP contribution in [0.1, 0.15) is 234 Å². The highest BCUT2D eigenvalue weighted by atomic mass is 19.4. The van der Waals surface area contributed by atoms with Gasteiger partial charge in [-0.2, -0.15) is 52.7 Å². The average Bonchev–Trinajstić information content (AvgIpc) is 0.717. The average molecular weight is 2000 g/mol. The molecule has 0 unspecified atom stereocenters. The standard InChI is InChI=1S/C22H28O4.C22H28.C19H18F6O4.C19H18F6.C19H24O4.C19H24/c23-14-16-25-20-8-4-18(5-9-20)22(12-2-1-3-13-22)19-6-10-21(11-7-19)26-17-15-24;1-3-18-8-12-20(13-9-18)22(16-6-5-7-17-22)21-14-10-19(4-2)11-15-21;20-18(21,22)17(19(23,24)25,13-1-5-15(6-2-13)28-11-9-26)14-3-7-16(8-4-14)29-12-10-27;1-3-13-5-9-15(10-6-13)17(18(20,21)22,19(23,24)25)16-11-7-14(4-2)8-12-16;1-19(2,15-3-7-17(8-4-15)22-13-11-20)16-5-9-18(10-6-16)23-14-12-21;1-5-15-7-11-17(12-8-15)19(3,4)18-13-9-16(6-2)10-14-18/h4-11,23-24H,1-3,12-17H2;8-15H,3-7,16-17H2,1-2H3;1-8,26-27H,9-12H2;5-12H,3-4H2,1-2H3;3-10,20-21H,11-14H2,1-2H3;7-14H,5-6H2,1-4H3. The molecule has 14 rings (SSSR count). The van der Waals surface area contributed by atoms with E-state index in [9.17, 15) is 52.7 Å². The molecule has 0 aliphatic heterocycles. The molecule has 2 saturated carbocycles. The van der Waals surface area contributed by atoms with Gasteiger partial charge in [0.2, 0.25) is 10.8 Å². The first-order valence-corrected chi connectivity index (χ1v) is 49.8. The van der Waals surface area contributed by atoms with Gasteiger partial charge in [-0.1, -0.05) is 326 Å². The molecule has 0 saturated heterocycles. The molecule has 24 heteroatoms. The normalized spacial score (nSPS) is 13.8. The number of aryl methyl sites for hydroxylation is 6. The Balaban J connectivity index is 0.000000193. The second-order valence-electron chi connectivity index (χ2n) is 36.9. The number of rotatable bonds is 36. The first-order chi connectivity index (χ1) is 68.9. The Morgan fingerprint density at radius 3 is 0.500 bits per heavy atom. The number of alkyl halides is 12. The minimum atomic E-state index is -5.70. The van der Waals surface area contributed by atoms with E-state index in [1.807, 2.05) is 72.8 Å². The van der Waals surface area contributed by atoms with Crippen molar-refractivity contribution in [2.24, 2.45) is 0 Å². The van der Waals surface area contributed by atoms with Gasteiger partial charge in [0.1, 0.15) is 74.1 Å². The van der Waals surface area contributed by atoms with Crippen molar-refractivity contribution in [1.82, 2.24) is 0 Å². The maximum absolute atomic E-state index is 14.0. The van der Waals surface area contributed by atoms with Crippen LogP contribution in [0.4, 0.5) is 52.7 Å². The second kappa shape index (κ2) is 54.5. The van der Waals surface area contributed by atoms with Crippen molar-refractivity contribution in [3.05, 3.63) is 391 Å². The van der Waals surface area contributed by atoms with Gasteiger partial charge in [0.25, 0.3) is 0 Å². The Kier molecular flexibility index (Phi) is 43.9. The van der Waals surface area contributed by atoms with E-state index < -0.39 is 57.8 Å². The number of halogens is 12. The van der Waals surface area contributed by atoms with Crippen molar-refractivity contribution in [2.45, 2.75) is 229 Å². The van der Waals surface area contributed by atoms with Gasteiger partial charge < -0.3 is 59.1 Å². The van der Waals surface area contributed by atoms with Crippen molar-refractivity contribution in [3.63, 3.8) is 0 Å². The highest BCUT2D eigenvalue weighted by molar-refractivity contribution is 5.52. The predicted molar refractivity (Wildman–Crippen MR) is 547 cm³/mol. The van der Waals surface area contributed by atoms with Crippen molar-refractivity contribution in [2.75, 3.05) is 79.3 Å². The van der Waals surface area contributed by atoms with Crippen molar-refractivity contribution < 1.29 is 112 Å². The van der Waals surface area contributed by atoms with Gasteiger partial charge in [0.15, 0.2) is 0 Å². The molecule has 2 aliphatic rings. The molecule has 776 valence electrons. The fourth-order valence-electron chi connectivity index (χ4n) is 18.8. The molecule has 12 nitrogen and oxygen atoms in total. The van der Waals surface area contributed by atoms with Gasteiger partial charge in [-0.25, -0.2) is 0 Å². The number of benzene rings is 12. The molecule has 2 aliphatic carbocycles. The van der Waals surface area contributed by atoms with Crippen molar-refractivity contribution >= 4 is 0 Å². The van der Waals surface area contributed by atoms with E-state index in [4.69, 9.17) is 59.1 Å². The van der Waals surface area contributed by atoms with E-state index in [2.05, 4.69) is 177 Å². The summed E-state index contributed by atoms with van der Waals surface area (Å²) in [7, 11) is 0. The third-order valence-electron chi connectivity index (χ3n) is 27.4. The van der Waals surface area contributed by atoms with Gasteiger partial charge in [0, 0.05) is 21.7 Å². The zero-order chi connectivity index (χ0) is 105. The van der Waals surface area contributed by atoms with Crippen LogP contribution in [0.2, 0.25) is 0 Å². The summed E-state index contributed by atoms with van der Waals surface area (Å²) in [6, 6.07) is 85.1. The number of ether oxygens (including phenoxy) is 6. The summed E-state index contributed by atoms with van der Waals surface area (Å²) in [5.74, 6) is 3.14. The Hall–Kier alpha value is -11.6. The van der Waals surface area contributed by atoms with E-state index in [0.717, 1.165) is 110 Å². The van der Waals surface area contributed by atoms with Gasteiger partial charge in [-0.15, -0.1) is 0 Å². The van der Waals surface area contributed by atoms with E-state index in [-0.39, 0.29) is 86.0 Å². The van der Waals surface area contributed by atoms with Crippen LogP contribution in [0, 0.1) is 0 Å². The molecule has 0 spiro atoms. The lowest BCUT2D eigenvalue weighted by atomic mass is 9.65. The molecule has 6 N–H and O–H groups in total. The summed E-state index contributed by atoms with van der Waals surface area (Å²) in [5, 5.41) is 52.8. The third-order valence-corrected chi connectivity index (χ3v) is 27.4. The largest absolute Gasteiger partial charge is 0.491 e. The van der Waals surface area contributed by atoms with Gasteiger partial charge in [-0.3, -0.25) is 0 Å². The van der Waals surface area contributed by atoms with E-state index >= 15 is 0 Å². The monoisotopic (exact) mass is 2000 g/mol. The molecule has 0 aromatic heterocycles. The van der Waals surface area contributed by atoms with Crippen LogP contribution >= 0.6 is 0 Å². The Morgan fingerprint density at radius 2 is 0.340 bits per heavy atom. The maximum Gasteiger partial charge on any atom is 0.411 e. The van der Waals surface area contributed by atoms with Gasteiger partial charge >= 0.3 is 24.7 Å². The summed E-state index contributed by atoms with van der Waals surface area (Å²) < 4.78 is 199. The lowest BCUT2D eigenvalue weighted by Crippen LogP contribution is -2.54. The van der Waals surface area contributed by atoms with Crippen LogP contribution in [-0.2, 0) is 71.0 Å². The Bertz CT molecular complexity index is 5330. The van der Waals surface area contributed by atoms with E-state index in [0.29, 0.717) is 74.7 Å². The molecule has 0 heterocycles. The lowest BCUT2D eigenvalue weighted by Gasteiger charge is -2.39. The van der Waals surface area contributed by atoms with Crippen LogP contribution in [0.25, 0.3) is 0 Å². The number of aliphatic hydroxyl groups is 6. The molecule has 12 aromatic carbocycles. The highest BCUT2D eigenvalue weighted by Crippen LogP contribution is 2.59. The fourth-order valence-corrected chi connectivity index (χ4v) is 18.8. The molecular formula is C120H140F12O12. The number of aliphatic hydroxyl groups excluding tert-OH is 6. The van der Waals surface area contributed by atoms with Crippen LogP contribution < -0.4 is 28.4 Å². The topological polar surface area (TPSA) is 177 Å². The van der Waals surface area contributed by atoms with Crippen LogP contribution in [0.3, 0.4) is 0 Å². The molecule has 0 amide bonds.